The van der Waals surface area contributed by atoms with Crippen LogP contribution in [0.1, 0.15) is 20.8 Å². The van der Waals surface area contributed by atoms with Crippen LogP contribution in [0.5, 0.6) is 0 Å². The number of ether oxygens (including phenoxy) is 2. The highest BCUT2D eigenvalue weighted by atomic mass is 16.5. The maximum Gasteiger partial charge on any atom is 0.0767 e. The van der Waals surface area contributed by atoms with Crippen LogP contribution in [0, 0.1) is 5.92 Å². The molecule has 12 heavy (non-hydrogen) atoms. The third kappa shape index (κ3) is 4.04. The van der Waals surface area contributed by atoms with Crippen molar-refractivity contribution in [3.8, 4) is 0 Å². The fraction of sp³-hybridized carbons (Fsp3) is 1.00. The number of hydrogen-bond donors (Lipinski definition) is 1. The second-order valence-electron chi connectivity index (χ2n) is 3.27. The van der Waals surface area contributed by atoms with Crippen LogP contribution >= 0.6 is 0 Å². The molecule has 0 saturated heterocycles. The van der Waals surface area contributed by atoms with Crippen LogP contribution in [0.25, 0.3) is 0 Å². The molecule has 0 aliphatic rings. The molecule has 0 radical (unpaired) electrons. The molecule has 2 unspecified atom stereocenters. The molecule has 0 saturated carbocycles. The maximum atomic E-state index is 5.87. The van der Waals surface area contributed by atoms with E-state index in [1.807, 2.05) is 6.92 Å². The maximum absolute atomic E-state index is 5.87. The number of methoxy groups -OCH3 is 1. The van der Waals surface area contributed by atoms with E-state index in [9.17, 15) is 0 Å². The minimum absolute atomic E-state index is 0.0186. The molecule has 0 bridgehead atoms. The van der Waals surface area contributed by atoms with Gasteiger partial charge in [0.1, 0.15) is 0 Å². The Bertz CT molecular complexity index is 107. The van der Waals surface area contributed by atoms with Crippen molar-refractivity contribution in [3.63, 3.8) is 0 Å². The average molecular weight is 175 g/mol. The quantitative estimate of drug-likeness (QED) is 0.655. The van der Waals surface area contributed by atoms with E-state index in [1.165, 1.54) is 0 Å². The molecular formula is C9H21NO2. The summed E-state index contributed by atoms with van der Waals surface area (Å²) in [5, 5.41) is 0. The zero-order valence-corrected chi connectivity index (χ0v) is 8.54. The monoisotopic (exact) mass is 175 g/mol. The first-order valence-corrected chi connectivity index (χ1v) is 4.49. The molecule has 0 aromatic heterocycles. The summed E-state index contributed by atoms with van der Waals surface area (Å²) in [6.45, 7) is 7.44. The smallest absolute Gasteiger partial charge is 0.0767 e. The second kappa shape index (κ2) is 6.40. The van der Waals surface area contributed by atoms with Crippen molar-refractivity contribution in [2.24, 2.45) is 11.7 Å². The molecule has 0 aliphatic carbocycles. The molecule has 0 heterocycles. The highest BCUT2D eigenvalue weighted by molar-refractivity contribution is 4.75. The van der Waals surface area contributed by atoms with E-state index in [1.54, 1.807) is 7.11 Å². The Labute approximate surface area is 75.2 Å². The number of nitrogens with two attached hydrogens (primary N) is 1. The molecule has 74 valence electrons. The standard InChI is InChI=1S/C9H21NO2/c1-5-12-6-8(10)9(11-4)7(2)3/h7-9H,5-6,10H2,1-4H3. The van der Waals surface area contributed by atoms with Gasteiger partial charge in [0.05, 0.1) is 18.8 Å². The third-order valence-electron chi connectivity index (χ3n) is 1.87. The molecule has 0 amide bonds. The summed E-state index contributed by atoms with van der Waals surface area (Å²) in [7, 11) is 1.69. The highest BCUT2D eigenvalue weighted by Gasteiger charge is 2.20. The lowest BCUT2D eigenvalue weighted by molar-refractivity contribution is 0.0116. The normalized spacial score (nSPS) is 16.5. The average Bonchev–Trinajstić information content (AvgIpc) is 2.01. The molecule has 0 aliphatic heterocycles. The van der Waals surface area contributed by atoms with Crippen molar-refractivity contribution in [3.05, 3.63) is 0 Å². The van der Waals surface area contributed by atoms with Gasteiger partial charge in [-0.3, -0.25) is 0 Å². The summed E-state index contributed by atoms with van der Waals surface area (Å²) in [6.07, 6.45) is 0.0940. The van der Waals surface area contributed by atoms with E-state index in [2.05, 4.69) is 13.8 Å². The summed E-state index contributed by atoms with van der Waals surface area (Å²) in [5.41, 5.74) is 5.87. The van der Waals surface area contributed by atoms with Gasteiger partial charge in [-0.05, 0) is 12.8 Å². The molecule has 0 rings (SSSR count). The highest BCUT2D eigenvalue weighted by Crippen LogP contribution is 2.08. The molecule has 0 aromatic rings. The molecule has 0 aromatic carbocycles. The fourth-order valence-corrected chi connectivity index (χ4v) is 1.29. The molecule has 2 N–H and O–H groups in total. The van der Waals surface area contributed by atoms with E-state index >= 15 is 0 Å². The number of rotatable bonds is 6. The zero-order valence-electron chi connectivity index (χ0n) is 8.54. The van der Waals surface area contributed by atoms with Gasteiger partial charge in [0.15, 0.2) is 0 Å². The van der Waals surface area contributed by atoms with Gasteiger partial charge in [-0.2, -0.15) is 0 Å². The lowest BCUT2D eigenvalue weighted by Gasteiger charge is -2.25. The first-order valence-electron chi connectivity index (χ1n) is 4.49. The summed E-state index contributed by atoms with van der Waals surface area (Å²) in [4.78, 5) is 0. The molecule has 2 atom stereocenters. The van der Waals surface area contributed by atoms with Crippen LogP contribution in [0.15, 0.2) is 0 Å². The summed E-state index contributed by atoms with van der Waals surface area (Å²) in [6, 6.07) is -0.0186. The Morgan fingerprint density at radius 2 is 1.92 bits per heavy atom. The largest absolute Gasteiger partial charge is 0.380 e. The number of hydrogen-bond acceptors (Lipinski definition) is 3. The van der Waals surface area contributed by atoms with Crippen LogP contribution in [-0.4, -0.2) is 32.5 Å². The van der Waals surface area contributed by atoms with Gasteiger partial charge >= 0.3 is 0 Å². The molecule has 0 spiro atoms. The van der Waals surface area contributed by atoms with E-state index < -0.39 is 0 Å². The molecular weight excluding hydrogens is 154 g/mol. The van der Waals surface area contributed by atoms with Crippen molar-refractivity contribution in [2.45, 2.75) is 32.9 Å². The van der Waals surface area contributed by atoms with Gasteiger partial charge in [0.2, 0.25) is 0 Å². The van der Waals surface area contributed by atoms with Gasteiger partial charge < -0.3 is 15.2 Å². The van der Waals surface area contributed by atoms with Gasteiger partial charge in [0, 0.05) is 13.7 Å². The predicted molar refractivity (Wildman–Crippen MR) is 50.1 cm³/mol. The van der Waals surface area contributed by atoms with Gasteiger partial charge in [-0.25, -0.2) is 0 Å². The Hall–Kier alpha value is -0.120. The zero-order chi connectivity index (χ0) is 9.56. The van der Waals surface area contributed by atoms with Crippen molar-refractivity contribution in [1.29, 1.82) is 0 Å². The second-order valence-corrected chi connectivity index (χ2v) is 3.27. The Kier molecular flexibility index (Phi) is 6.34. The lowest BCUT2D eigenvalue weighted by atomic mass is 10.0. The first kappa shape index (κ1) is 11.9. The summed E-state index contributed by atoms with van der Waals surface area (Å²) >= 11 is 0. The van der Waals surface area contributed by atoms with E-state index in [-0.39, 0.29) is 12.1 Å². The van der Waals surface area contributed by atoms with Crippen LogP contribution < -0.4 is 5.73 Å². The Balaban J connectivity index is 3.77. The summed E-state index contributed by atoms with van der Waals surface area (Å²) < 4.78 is 10.5. The van der Waals surface area contributed by atoms with Crippen molar-refractivity contribution in [2.75, 3.05) is 20.3 Å². The van der Waals surface area contributed by atoms with Crippen LogP contribution in [0.3, 0.4) is 0 Å². The van der Waals surface area contributed by atoms with Gasteiger partial charge in [-0.1, -0.05) is 13.8 Å². The van der Waals surface area contributed by atoms with Crippen LogP contribution in [-0.2, 0) is 9.47 Å². The molecule has 3 nitrogen and oxygen atoms in total. The minimum Gasteiger partial charge on any atom is -0.380 e. The SMILES string of the molecule is CCOCC(N)C(OC)C(C)C. The van der Waals surface area contributed by atoms with Gasteiger partial charge in [0.25, 0.3) is 0 Å². The van der Waals surface area contributed by atoms with Crippen molar-refractivity contribution in [1.82, 2.24) is 0 Å². The van der Waals surface area contributed by atoms with Crippen LogP contribution in [0.2, 0.25) is 0 Å². The van der Waals surface area contributed by atoms with Crippen molar-refractivity contribution >= 4 is 0 Å². The molecule has 0 fully saturated rings. The van der Waals surface area contributed by atoms with E-state index in [0.29, 0.717) is 19.1 Å². The predicted octanol–water partition coefficient (Wildman–Crippen LogP) is 1.02. The first-order chi connectivity index (χ1) is 5.63. The van der Waals surface area contributed by atoms with Gasteiger partial charge in [-0.15, -0.1) is 0 Å². The lowest BCUT2D eigenvalue weighted by Crippen LogP contribution is -2.43. The fourth-order valence-electron chi connectivity index (χ4n) is 1.29. The third-order valence-corrected chi connectivity index (χ3v) is 1.87. The van der Waals surface area contributed by atoms with E-state index in [4.69, 9.17) is 15.2 Å². The van der Waals surface area contributed by atoms with E-state index in [0.717, 1.165) is 0 Å². The topological polar surface area (TPSA) is 44.5 Å². The Morgan fingerprint density at radius 1 is 1.33 bits per heavy atom. The Morgan fingerprint density at radius 3 is 2.25 bits per heavy atom. The van der Waals surface area contributed by atoms with Crippen LogP contribution in [0.4, 0.5) is 0 Å². The minimum atomic E-state index is -0.0186. The van der Waals surface area contributed by atoms with Crippen molar-refractivity contribution < 1.29 is 9.47 Å². The summed E-state index contributed by atoms with van der Waals surface area (Å²) in [5.74, 6) is 0.436. The molecule has 3 heteroatoms.